The predicted molar refractivity (Wildman–Crippen MR) is 75.9 cm³/mol. The second-order valence-corrected chi connectivity index (χ2v) is 4.41. The summed E-state index contributed by atoms with van der Waals surface area (Å²) in [6.45, 7) is 5.10. The molecule has 0 heterocycles. The number of anilines is 1. The molecule has 0 fully saturated rings. The summed E-state index contributed by atoms with van der Waals surface area (Å²) in [5, 5.41) is 3.36. The molecule has 1 amide bonds. The Labute approximate surface area is 113 Å². The lowest BCUT2D eigenvalue weighted by Crippen LogP contribution is -2.32. The molecule has 0 aromatic heterocycles. The monoisotopic (exact) mass is 269 g/mol. The van der Waals surface area contributed by atoms with Crippen LogP contribution in [0.2, 0.25) is 5.02 Å². The van der Waals surface area contributed by atoms with Crippen molar-refractivity contribution in [3.05, 3.63) is 29.3 Å². The van der Waals surface area contributed by atoms with E-state index in [2.05, 4.69) is 17.1 Å². The molecule has 0 aliphatic carbocycles. The first kappa shape index (κ1) is 15.0. The van der Waals surface area contributed by atoms with Crippen LogP contribution in [0.1, 0.15) is 13.3 Å². The maximum atomic E-state index is 11.8. The quantitative estimate of drug-likeness (QED) is 0.795. The van der Waals surface area contributed by atoms with Gasteiger partial charge < -0.3 is 16.0 Å². The van der Waals surface area contributed by atoms with Gasteiger partial charge in [-0.1, -0.05) is 30.7 Å². The lowest BCUT2D eigenvalue weighted by molar-refractivity contribution is -0.116. The van der Waals surface area contributed by atoms with Gasteiger partial charge in [-0.2, -0.15) is 0 Å². The van der Waals surface area contributed by atoms with Gasteiger partial charge in [0.25, 0.3) is 0 Å². The van der Waals surface area contributed by atoms with Gasteiger partial charge in [0.2, 0.25) is 5.91 Å². The number of nitrogens with two attached hydrogens (primary N) is 1. The smallest absolute Gasteiger partial charge is 0.225 e. The van der Waals surface area contributed by atoms with Crippen LogP contribution in [0.25, 0.3) is 0 Å². The molecule has 1 rings (SSSR count). The lowest BCUT2D eigenvalue weighted by atomic mass is 10.3. The molecule has 0 saturated heterocycles. The molecule has 0 radical (unpaired) electrons. The van der Waals surface area contributed by atoms with Crippen molar-refractivity contribution in [1.82, 2.24) is 4.90 Å². The third kappa shape index (κ3) is 5.04. The minimum Gasteiger partial charge on any atom is -0.329 e. The molecule has 1 aromatic carbocycles. The molecule has 100 valence electrons. The summed E-state index contributed by atoms with van der Waals surface area (Å²) >= 11 is 5.97. The highest BCUT2D eigenvalue weighted by molar-refractivity contribution is 6.33. The van der Waals surface area contributed by atoms with Gasteiger partial charge in [-0.15, -0.1) is 0 Å². The average Bonchev–Trinajstić information content (AvgIpc) is 2.37. The second-order valence-electron chi connectivity index (χ2n) is 4.00. The highest BCUT2D eigenvalue weighted by atomic mass is 35.5. The number of rotatable bonds is 7. The fourth-order valence-electron chi connectivity index (χ4n) is 1.65. The summed E-state index contributed by atoms with van der Waals surface area (Å²) in [7, 11) is 0. The molecular weight excluding hydrogens is 250 g/mol. The summed E-state index contributed by atoms with van der Waals surface area (Å²) in [4.78, 5) is 13.9. The maximum Gasteiger partial charge on any atom is 0.225 e. The Morgan fingerprint density at radius 2 is 2.11 bits per heavy atom. The maximum absolute atomic E-state index is 11.8. The fraction of sp³-hybridized carbons (Fsp3) is 0.462. The summed E-state index contributed by atoms with van der Waals surface area (Å²) in [5.74, 6) is -0.0291. The van der Waals surface area contributed by atoms with E-state index in [1.165, 1.54) is 0 Å². The number of carbonyl (C=O) groups is 1. The highest BCUT2D eigenvalue weighted by Crippen LogP contribution is 2.20. The van der Waals surface area contributed by atoms with Gasteiger partial charge in [0.1, 0.15) is 0 Å². The van der Waals surface area contributed by atoms with Gasteiger partial charge in [0, 0.05) is 26.1 Å². The summed E-state index contributed by atoms with van der Waals surface area (Å²) in [5.41, 5.74) is 6.15. The summed E-state index contributed by atoms with van der Waals surface area (Å²) in [6, 6.07) is 7.22. The van der Waals surface area contributed by atoms with Crippen molar-refractivity contribution in [1.29, 1.82) is 0 Å². The van der Waals surface area contributed by atoms with E-state index in [1.807, 2.05) is 12.1 Å². The highest BCUT2D eigenvalue weighted by Gasteiger charge is 2.07. The molecule has 0 unspecified atom stereocenters. The SMILES string of the molecule is CCN(CCN)CCC(=O)Nc1ccccc1Cl. The largest absolute Gasteiger partial charge is 0.329 e. The van der Waals surface area contributed by atoms with Gasteiger partial charge in [0.05, 0.1) is 10.7 Å². The summed E-state index contributed by atoms with van der Waals surface area (Å²) < 4.78 is 0. The third-order valence-corrected chi connectivity index (χ3v) is 3.03. The number of nitrogens with one attached hydrogen (secondary N) is 1. The molecule has 5 heteroatoms. The third-order valence-electron chi connectivity index (χ3n) is 2.70. The van der Waals surface area contributed by atoms with Crippen molar-refractivity contribution >= 4 is 23.2 Å². The summed E-state index contributed by atoms with van der Waals surface area (Å²) in [6.07, 6.45) is 0.444. The van der Waals surface area contributed by atoms with E-state index in [-0.39, 0.29) is 5.91 Å². The Kier molecular flexibility index (Phi) is 6.72. The van der Waals surface area contributed by atoms with Crippen molar-refractivity contribution in [2.45, 2.75) is 13.3 Å². The zero-order chi connectivity index (χ0) is 13.4. The first-order chi connectivity index (χ1) is 8.67. The Bertz CT molecular complexity index is 384. The van der Waals surface area contributed by atoms with E-state index in [1.54, 1.807) is 12.1 Å². The molecule has 0 spiro atoms. The molecular formula is C13H20ClN3O. The topological polar surface area (TPSA) is 58.4 Å². The van der Waals surface area contributed by atoms with E-state index < -0.39 is 0 Å². The first-order valence-electron chi connectivity index (χ1n) is 6.14. The van der Waals surface area contributed by atoms with E-state index in [0.29, 0.717) is 30.2 Å². The van der Waals surface area contributed by atoms with Crippen molar-refractivity contribution < 1.29 is 4.79 Å². The molecule has 0 atom stereocenters. The molecule has 18 heavy (non-hydrogen) atoms. The number of likely N-dealkylation sites (N-methyl/N-ethyl adjacent to an activating group) is 1. The van der Waals surface area contributed by atoms with Crippen molar-refractivity contribution in [3.63, 3.8) is 0 Å². The Morgan fingerprint density at radius 1 is 1.39 bits per heavy atom. The van der Waals surface area contributed by atoms with Crippen molar-refractivity contribution in [2.24, 2.45) is 5.73 Å². The molecule has 0 aliphatic heterocycles. The van der Waals surface area contributed by atoms with Crippen LogP contribution in [0.15, 0.2) is 24.3 Å². The number of hydrogen-bond acceptors (Lipinski definition) is 3. The van der Waals surface area contributed by atoms with E-state index in [9.17, 15) is 4.79 Å². The Hall–Kier alpha value is -1.10. The van der Waals surface area contributed by atoms with Crippen LogP contribution in [0.5, 0.6) is 0 Å². The van der Waals surface area contributed by atoms with Crippen LogP contribution < -0.4 is 11.1 Å². The average molecular weight is 270 g/mol. The first-order valence-corrected chi connectivity index (χ1v) is 6.52. The van der Waals surface area contributed by atoms with Crippen LogP contribution in [0.3, 0.4) is 0 Å². The predicted octanol–water partition coefficient (Wildman–Crippen LogP) is 1.95. The van der Waals surface area contributed by atoms with E-state index >= 15 is 0 Å². The zero-order valence-electron chi connectivity index (χ0n) is 10.7. The number of halogens is 1. The minimum absolute atomic E-state index is 0.0291. The van der Waals surface area contributed by atoms with Gasteiger partial charge >= 0.3 is 0 Å². The van der Waals surface area contributed by atoms with Gasteiger partial charge in [-0.25, -0.2) is 0 Å². The zero-order valence-corrected chi connectivity index (χ0v) is 11.4. The molecule has 0 saturated carbocycles. The van der Waals surface area contributed by atoms with Crippen LogP contribution >= 0.6 is 11.6 Å². The number of benzene rings is 1. The van der Waals surface area contributed by atoms with Crippen molar-refractivity contribution in [2.75, 3.05) is 31.5 Å². The van der Waals surface area contributed by atoms with E-state index in [4.69, 9.17) is 17.3 Å². The number of carbonyl (C=O) groups excluding carboxylic acids is 1. The van der Waals surface area contributed by atoms with Crippen molar-refractivity contribution in [3.8, 4) is 0 Å². The van der Waals surface area contributed by atoms with Crippen LogP contribution in [-0.2, 0) is 4.79 Å². The van der Waals surface area contributed by atoms with Crippen LogP contribution in [0.4, 0.5) is 5.69 Å². The number of para-hydroxylation sites is 1. The van der Waals surface area contributed by atoms with Gasteiger partial charge in [0.15, 0.2) is 0 Å². The minimum atomic E-state index is -0.0291. The molecule has 0 aliphatic rings. The second kappa shape index (κ2) is 8.08. The number of amides is 1. The Morgan fingerprint density at radius 3 is 2.72 bits per heavy atom. The molecule has 0 bridgehead atoms. The van der Waals surface area contributed by atoms with E-state index in [0.717, 1.165) is 13.1 Å². The van der Waals surface area contributed by atoms with Gasteiger partial charge in [-0.3, -0.25) is 4.79 Å². The fourth-order valence-corrected chi connectivity index (χ4v) is 1.83. The Balaban J connectivity index is 2.40. The van der Waals surface area contributed by atoms with Crippen LogP contribution in [-0.4, -0.2) is 37.0 Å². The molecule has 3 N–H and O–H groups in total. The normalized spacial score (nSPS) is 10.7. The lowest BCUT2D eigenvalue weighted by Gasteiger charge is -2.18. The number of nitrogens with zero attached hydrogens (tertiary/aromatic N) is 1. The standard InChI is InChI=1S/C13H20ClN3O/c1-2-17(10-8-15)9-7-13(18)16-12-6-4-3-5-11(12)14/h3-6H,2,7-10,15H2,1H3,(H,16,18). The van der Waals surface area contributed by atoms with Gasteiger partial charge in [-0.05, 0) is 18.7 Å². The van der Waals surface area contributed by atoms with Crippen LogP contribution in [0, 0.1) is 0 Å². The molecule has 4 nitrogen and oxygen atoms in total. The number of hydrogen-bond donors (Lipinski definition) is 2. The molecule has 1 aromatic rings.